The predicted octanol–water partition coefficient (Wildman–Crippen LogP) is 4.89. The molecule has 8 nitrogen and oxygen atoms in total. The lowest BCUT2D eigenvalue weighted by Crippen LogP contribution is -2.22. The number of rotatable bonds is 7. The molecule has 0 atom stereocenters. The predicted molar refractivity (Wildman–Crippen MR) is 126 cm³/mol. The number of carbonyl (C=O) groups excluding carboxylic acids is 2. The Morgan fingerprint density at radius 2 is 1.88 bits per heavy atom. The van der Waals surface area contributed by atoms with Crippen molar-refractivity contribution in [2.24, 2.45) is 0 Å². The Hall–Kier alpha value is -3.85. The zero-order valence-corrected chi connectivity index (χ0v) is 19.3. The quantitative estimate of drug-likeness (QED) is 0.364. The van der Waals surface area contributed by atoms with Gasteiger partial charge in [0.25, 0.3) is 0 Å². The summed E-state index contributed by atoms with van der Waals surface area (Å²) in [6.07, 6.45) is 3.18. The number of thiazole rings is 1. The molecule has 0 saturated heterocycles. The van der Waals surface area contributed by atoms with E-state index in [0.29, 0.717) is 22.2 Å². The van der Waals surface area contributed by atoms with Crippen LogP contribution in [0, 0.1) is 0 Å². The van der Waals surface area contributed by atoms with Crippen molar-refractivity contribution in [3.05, 3.63) is 83.3 Å². The molecule has 3 heterocycles. The van der Waals surface area contributed by atoms with E-state index >= 15 is 0 Å². The number of carbonyl (C=O) groups is 2. The molecule has 0 N–H and O–H groups in total. The van der Waals surface area contributed by atoms with Gasteiger partial charge in [-0.3, -0.25) is 9.69 Å². The van der Waals surface area contributed by atoms with Gasteiger partial charge in [-0.05, 0) is 30.2 Å². The van der Waals surface area contributed by atoms with Crippen LogP contribution in [-0.4, -0.2) is 31.6 Å². The fourth-order valence-corrected chi connectivity index (χ4v) is 4.29. The normalized spacial score (nSPS) is 10.9. The van der Waals surface area contributed by atoms with Gasteiger partial charge < -0.3 is 4.74 Å². The van der Waals surface area contributed by atoms with E-state index in [1.165, 1.54) is 29.4 Å². The maximum Gasteiger partial charge on any atom is 0.342 e. The maximum atomic E-state index is 12.9. The van der Waals surface area contributed by atoms with Crippen LogP contribution in [0.4, 0.5) is 10.8 Å². The third-order valence-electron chi connectivity index (χ3n) is 4.85. The molecule has 0 radical (unpaired) electrons. The van der Waals surface area contributed by atoms with Crippen molar-refractivity contribution in [1.82, 2.24) is 19.7 Å². The Bertz CT molecular complexity index is 1250. The number of hydrogen-bond acceptors (Lipinski definition) is 7. The Kier molecular flexibility index (Phi) is 6.60. The average Bonchev–Trinajstić information content (AvgIpc) is 3.46. The van der Waals surface area contributed by atoms with Gasteiger partial charge in [0.1, 0.15) is 12.2 Å². The van der Waals surface area contributed by atoms with Gasteiger partial charge in [0.15, 0.2) is 10.9 Å². The number of ether oxygens (including phenoxy) is 1. The standard InChI is InChI=1S/C24H23N5O3S/c1-16(2)22-20(13-26-29(22)21-11-7-8-12-25-21)23(31)32-14-18-15-33-24(27-18)28(17(3)30)19-9-5-4-6-10-19/h4-13,15-16H,14H2,1-3H3. The van der Waals surface area contributed by atoms with Gasteiger partial charge in [-0.15, -0.1) is 11.3 Å². The number of hydrogen-bond donors (Lipinski definition) is 0. The van der Waals surface area contributed by atoms with Crippen LogP contribution in [0.1, 0.15) is 48.4 Å². The number of para-hydroxylation sites is 1. The molecule has 0 bridgehead atoms. The Morgan fingerprint density at radius 1 is 1.12 bits per heavy atom. The maximum absolute atomic E-state index is 12.9. The molecule has 0 saturated carbocycles. The molecule has 0 aliphatic carbocycles. The van der Waals surface area contributed by atoms with Crippen molar-refractivity contribution in [2.45, 2.75) is 33.3 Å². The lowest BCUT2D eigenvalue weighted by molar-refractivity contribution is -0.115. The topological polar surface area (TPSA) is 90.2 Å². The van der Waals surface area contributed by atoms with E-state index in [1.807, 2.05) is 62.4 Å². The molecule has 0 unspecified atom stereocenters. The monoisotopic (exact) mass is 461 g/mol. The molecule has 0 aliphatic rings. The summed E-state index contributed by atoms with van der Waals surface area (Å²) in [6.45, 7) is 5.45. The third kappa shape index (κ3) is 4.83. The molecule has 33 heavy (non-hydrogen) atoms. The summed E-state index contributed by atoms with van der Waals surface area (Å²) in [6, 6.07) is 14.8. The van der Waals surface area contributed by atoms with Crippen LogP contribution in [0.3, 0.4) is 0 Å². The minimum atomic E-state index is -0.484. The zero-order chi connectivity index (χ0) is 23.4. The summed E-state index contributed by atoms with van der Waals surface area (Å²) in [4.78, 5) is 35.4. The largest absolute Gasteiger partial charge is 0.455 e. The van der Waals surface area contributed by atoms with Crippen LogP contribution >= 0.6 is 11.3 Å². The van der Waals surface area contributed by atoms with E-state index in [1.54, 1.807) is 16.3 Å². The minimum absolute atomic E-state index is 0.0117. The second-order valence-electron chi connectivity index (χ2n) is 7.59. The highest BCUT2D eigenvalue weighted by Crippen LogP contribution is 2.29. The van der Waals surface area contributed by atoms with Crippen LogP contribution in [0.15, 0.2) is 66.3 Å². The van der Waals surface area contributed by atoms with Crippen LogP contribution in [-0.2, 0) is 16.1 Å². The molecular weight excluding hydrogens is 438 g/mol. The molecule has 168 valence electrons. The van der Waals surface area contributed by atoms with Gasteiger partial charge >= 0.3 is 5.97 Å². The molecule has 1 aromatic carbocycles. The summed E-state index contributed by atoms with van der Waals surface area (Å²) in [5, 5.41) is 6.66. The molecular formula is C24H23N5O3S. The van der Waals surface area contributed by atoms with E-state index in [9.17, 15) is 9.59 Å². The average molecular weight is 462 g/mol. The lowest BCUT2D eigenvalue weighted by atomic mass is 10.1. The Balaban J connectivity index is 1.51. The van der Waals surface area contributed by atoms with Gasteiger partial charge in [0.05, 0.1) is 23.3 Å². The Labute approximate surface area is 195 Å². The smallest absolute Gasteiger partial charge is 0.342 e. The first-order chi connectivity index (χ1) is 16.0. The number of benzene rings is 1. The molecule has 4 aromatic rings. The van der Waals surface area contributed by atoms with Crippen molar-refractivity contribution in [1.29, 1.82) is 0 Å². The van der Waals surface area contributed by atoms with E-state index in [2.05, 4.69) is 15.1 Å². The molecule has 4 rings (SSSR count). The zero-order valence-electron chi connectivity index (χ0n) is 18.5. The third-order valence-corrected chi connectivity index (χ3v) is 5.73. The van der Waals surface area contributed by atoms with Gasteiger partial charge in [0.2, 0.25) is 5.91 Å². The van der Waals surface area contributed by atoms with Crippen molar-refractivity contribution >= 4 is 34.0 Å². The summed E-state index contributed by atoms with van der Waals surface area (Å²) in [5.74, 6) is 0.0251. The second-order valence-corrected chi connectivity index (χ2v) is 8.42. The van der Waals surface area contributed by atoms with E-state index < -0.39 is 5.97 Å². The fraction of sp³-hybridized carbons (Fsp3) is 0.208. The van der Waals surface area contributed by atoms with Crippen molar-refractivity contribution in [3.63, 3.8) is 0 Å². The van der Waals surface area contributed by atoms with E-state index in [0.717, 1.165) is 11.4 Å². The van der Waals surface area contributed by atoms with Crippen LogP contribution < -0.4 is 4.90 Å². The second kappa shape index (κ2) is 9.74. The number of aromatic nitrogens is 4. The highest BCUT2D eigenvalue weighted by atomic mass is 32.1. The van der Waals surface area contributed by atoms with Crippen molar-refractivity contribution in [3.8, 4) is 5.82 Å². The van der Waals surface area contributed by atoms with Gasteiger partial charge in [-0.2, -0.15) is 5.10 Å². The fourth-order valence-electron chi connectivity index (χ4n) is 3.42. The van der Waals surface area contributed by atoms with Gasteiger partial charge in [-0.1, -0.05) is 38.1 Å². The summed E-state index contributed by atoms with van der Waals surface area (Å²) >= 11 is 1.32. The van der Waals surface area contributed by atoms with E-state index in [-0.39, 0.29) is 18.4 Å². The Morgan fingerprint density at radius 3 is 2.55 bits per heavy atom. The molecule has 0 fully saturated rings. The van der Waals surface area contributed by atoms with Crippen molar-refractivity contribution in [2.75, 3.05) is 4.90 Å². The van der Waals surface area contributed by atoms with Crippen LogP contribution in [0.2, 0.25) is 0 Å². The highest BCUT2D eigenvalue weighted by molar-refractivity contribution is 7.14. The number of pyridine rings is 1. The highest BCUT2D eigenvalue weighted by Gasteiger charge is 2.23. The lowest BCUT2D eigenvalue weighted by Gasteiger charge is -2.17. The summed E-state index contributed by atoms with van der Waals surface area (Å²) in [5.41, 5.74) is 2.41. The summed E-state index contributed by atoms with van der Waals surface area (Å²) < 4.78 is 7.20. The molecule has 0 aliphatic heterocycles. The van der Waals surface area contributed by atoms with E-state index in [4.69, 9.17) is 4.74 Å². The van der Waals surface area contributed by atoms with Crippen LogP contribution in [0.5, 0.6) is 0 Å². The molecule has 1 amide bonds. The van der Waals surface area contributed by atoms with Gasteiger partial charge in [0, 0.05) is 18.5 Å². The summed E-state index contributed by atoms with van der Waals surface area (Å²) in [7, 11) is 0. The minimum Gasteiger partial charge on any atom is -0.455 e. The first kappa shape index (κ1) is 22.3. The first-order valence-electron chi connectivity index (χ1n) is 10.4. The molecule has 9 heteroatoms. The number of nitrogens with zero attached hydrogens (tertiary/aromatic N) is 5. The van der Waals surface area contributed by atoms with Crippen LogP contribution in [0.25, 0.3) is 5.82 Å². The number of esters is 1. The van der Waals surface area contributed by atoms with Gasteiger partial charge in [-0.25, -0.2) is 19.4 Å². The molecule has 3 aromatic heterocycles. The number of amides is 1. The SMILES string of the molecule is CC(=O)N(c1ccccc1)c1nc(COC(=O)c2cnn(-c3ccccn3)c2C(C)C)cs1. The number of anilines is 2. The van der Waals surface area contributed by atoms with Crippen molar-refractivity contribution < 1.29 is 14.3 Å². The first-order valence-corrected chi connectivity index (χ1v) is 11.3. The molecule has 0 spiro atoms.